The summed E-state index contributed by atoms with van der Waals surface area (Å²) >= 11 is 0. The SMILES string of the molecule is COc1cnn(C)c(=O)c1-c1ccc(C[C@H](NC(=O)C2(NC(C)=O)CC2)C(=O)O)cc1. The lowest BCUT2D eigenvalue weighted by atomic mass is 10.0. The number of rotatable bonds is 8. The van der Waals surface area contributed by atoms with Gasteiger partial charge < -0.3 is 20.5 Å². The quantitative estimate of drug-likeness (QED) is 0.547. The fraction of sp³-hybridized carbons (Fsp3) is 0.381. The molecule has 0 aliphatic heterocycles. The largest absolute Gasteiger partial charge is 0.494 e. The normalized spacial score (nSPS) is 14.9. The van der Waals surface area contributed by atoms with E-state index in [2.05, 4.69) is 15.7 Å². The number of carbonyl (C=O) groups excluding carboxylic acids is 2. The van der Waals surface area contributed by atoms with E-state index in [0.29, 0.717) is 35.3 Å². The van der Waals surface area contributed by atoms with Gasteiger partial charge in [-0.1, -0.05) is 24.3 Å². The van der Waals surface area contributed by atoms with Gasteiger partial charge in [-0.15, -0.1) is 0 Å². The first-order valence-corrected chi connectivity index (χ1v) is 9.69. The number of ether oxygens (including phenoxy) is 1. The van der Waals surface area contributed by atoms with Gasteiger partial charge in [0.15, 0.2) is 5.75 Å². The number of carboxylic acid groups (broad SMARTS) is 1. The minimum Gasteiger partial charge on any atom is -0.494 e. The van der Waals surface area contributed by atoms with Crippen LogP contribution >= 0.6 is 0 Å². The Morgan fingerprint density at radius 1 is 1.26 bits per heavy atom. The fourth-order valence-corrected chi connectivity index (χ4v) is 3.35. The van der Waals surface area contributed by atoms with E-state index in [1.807, 2.05) is 0 Å². The van der Waals surface area contributed by atoms with Crippen molar-refractivity contribution in [3.8, 4) is 16.9 Å². The monoisotopic (exact) mass is 428 g/mol. The molecule has 0 unspecified atom stereocenters. The summed E-state index contributed by atoms with van der Waals surface area (Å²) in [5.41, 5.74) is 0.269. The topological polar surface area (TPSA) is 140 Å². The van der Waals surface area contributed by atoms with Gasteiger partial charge in [0, 0.05) is 20.4 Å². The second-order valence-electron chi connectivity index (χ2n) is 7.55. The molecule has 0 spiro atoms. The number of nitrogens with one attached hydrogen (secondary N) is 2. The Balaban J connectivity index is 1.77. The van der Waals surface area contributed by atoms with Crippen molar-refractivity contribution in [1.82, 2.24) is 20.4 Å². The molecule has 3 rings (SSSR count). The zero-order valence-electron chi connectivity index (χ0n) is 17.5. The number of hydrogen-bond donors (Lipinski definition) is 3. The highest BCUT2D eigenvalue weighted by atomic mass is 16.5. The van der Waals surface area contributed by atoms with Gasteiger partial charge in [-0.05, 0) is 24.0 Å². The second-order valence-corrected chi connectivity index (χ2v) is 7.55. The molecule has 1 saturated carbocycles. The van der Waals surface area contributed by atoms with Crippen LogP contribution in [-0.2, 0) is 27.9 Å². The number of carboxylic acids is 1. The number of nitrogens with zero attached hydrogens (tertiary/aromatic N) is 2. The highest BCUT2D eigenvalue weighted by molar-refractivity contribution is 5.95. The number of aliphatic carboxylic acids is 1. The number of carbonyl (C=O) groups is 3. The lowest BCUT2D eigenvalue weighted by Crippen LogP contribution is -2.53. The number of aryl methyl sites for hydroxylation is 1. The van der Waals surface area contributed by atoms with Crippen molar-refractivity contribution < 1.29 is 24.2 Å². The van der Waals surface area contributed by atoms with Gasteiger partial charge in [0.25, 0.3) is 5.56 Å². The van der Waals surface area contributed by atoms with Gasteiger partial charge in [-0.3, -0.25) is 14.4 Å². The van der Waals surface area contributed by atoms with E-state index < -0.39 is 23.5 Å². The minimum atomic E-state index is -1.18. The molecule has 1 atom stereocenters. The summed E-state index contributed by atoms with van der Waals surface area (Å²) in [6.07, 6.45) is 2.44. The predicted molar refractivity (Wildman–Crippen MR) is 111 cm³/mol. The molecular weight excluding hydrogens is 404 g/mol. The fourth-order valence-electron chi connectivity index (χ4n) is 3.35. The number of hydrogen-bond acceptors (Lipinski definition) is 6. The number of methoxy groups -OCH3 is 1. The molecule has 2 amide bonds. The van der Waals surface area contributed by atoms with Crippen molar-refractivity contribution in [3.63, 3.8) is 0 Å². The molecule has 0 bridgehead atoms. The molecule has 10 nitrogen and oxygen atoms in total. The van der Waals surface area contributed by atoms with Crippen molar-refractivity contribution in [1.29, 1.82) is 0 Å². The smallest absolute Gasteiger partial charge is 0.326 e. The van der Waals surface area contributed by atoms with Crippen LogP contribution in [0.1, 0.15) is 25.3 Å². The van der Waals surface area contributed by atoms with Gasteiger partial charge in [0.1, 0.15) is 11.6 Å². The van der Waals surface area contributed by atoms with E-state index in [1.165, 1.54) is 32.0 Å². The third kappa shape index (κ3) is 4.73. The third-order valence-corrected chi connectivity index (χ3v) is 5.21. The molecule has 0 radical (unpaired) electrons. The third-order valence-electron chi connectivity index (χ3n) is 5.21. The van der Waals surface area contributed by atoms with Crippen LogP contribution in [0.4, 0.5) is 0 Å². The summed E-state index contributed by atoms with van der Waals surface area (Å²) in [7, 11) is 2.98. The Labute approximate surface area is 178 Å². The van der Waals surface area contributed by atoms with Crippen LogP contribution in [0.2, 0.25) is 0 Å². The maximum Gasteiger partial charge on any atom is 0.326 e. The van der Waals surface area contributed by atoms with Gasteiger partial charge >= 0.3 is 5.97 Å². The van der Waals surface area contributed by atoms with Crippen LogP contribution in [0.15, 0.2) is 35.3 Å². The molecule has 1 fully saturated rings. The van der Waals surface area contributed by atoms with Gasteiger partial charge in [-0.25, -0.2) is 9.48 Å². The van der Waals surface area contributed by atoms with Crippen LogP contribution in [0.5, 0.6) is 5.75 Å². The average molecular weight is 428 g/mol. The average Bonchev–Trinajstić information content (AvgIpc) is 3.50. The van der Waals surface area contributed by atoms with E-state index in [1.54, 1.807) is 24.3 Å². The zero-order chi connectivity index (χ0) is 22.8. The summed E-state index contributed by atoms with van der Waals surface area (Å²) < 4.78 is 6.44. The summed E-state index contributed by atoms with van der Waals surface area (Å²) in [4.78, 5) is 48.0. The van der Waals surface area contributed by atoms with Crippen molar-refractivity contribution in [2.75, 3.05) is 7.11 Å². The molecule has 0 saturated heterocycles. The van der Waals surface area contributed by atoms with E-state index >= 15 is 0 Å². The number of benzene rings is 1. The first-order valence-electron chi connectivity index (χ1n) is 9.69. The van der Waals surface area contributed by atoms with Crippen LogP contribution in [0, 0.1) is 0 Å². The Kier molecular flexibility index (Phi) is 6.09. The standard InChI is InChI=1S/C21H24N4O6/c1-12(26)24-21(8-9-21)20(30)23-15(19(28)29)10-13-4-6-14(7-5-13)17-16(31-3)11-22-25(2)18(17)27/h4-7,11,15H,8-10H2,1-3H3,(H,23,30)(H,24,26)(H,28,29)/t15-/m0/s1. The molecular formula is C21H24N4O6. The van der Waals surface area contributed by atoms with E-state index in [4.69, 9.17) is 4.74 Å². The predicted octanol–water partition coefficient (Wildman–Crippen LogP) is 0.237. The van der Waals surface area contributed by atoms with E-state index in [-0.39, 0.29) is 17.9 Å². The first kappa shape index (κ1) is 22.0. The highest BCUT2D eigenvalue weighted by Crippen LogP contribution is 2.35. The number of amides is 2. The first-order chi connectivity index (χ1) is 14.7. The molecule has 2 aromatic rings. The van der Waals surface area contributed by atoms with Gasteiger partial charge in [-0.2, -0.15) is 5.10 Å². The Hall–Kier alpha value is -3.69. The molecule has 164 valence electrons. The summed E-state index contributed by atoms with van der Waals surface area (Å²) in [5.74, 6) is -1.69. The van der Waals surface area contributed by atoms with Crippen molar-refractivity contribution in [3.05, 3.63) is 46.4 Å². The molecule has 1 aliphatic rings. The highest BCUT2D eigenvalue weighted by Gasteiger charge is 2.51. The molecule has 1 aromatic heterocycles. The summed E-state index contributed by atoms with van der Waals surface area (Å²) in [5, 5.41) is 18.6. The molecule has 1 aromatic carbocycles. The van der Waals surface area contributed by atoms with Crippen LogP contribution < -0.4 is 20.9 Å². The molecule has 1 aliphatic carbocycles. The van der Waals surface area contributed by atoms with Crippen molar-refractivity contribution in [2.24, 2.45) is 7.05 Å². The lowest BCUT2D eigenvalue weighted by Gasteiger charge is -2.20. The summed E-state index contributed by atoms with van der Waals surface area (Å²) in [6.45, 7) is 1.31. The van der Waals surface area contributed by atoms with E-state index in [0.717, 1.165) is 0 Å². The van der Waals surface area contributed by atoms with Gasteiger partial charge in [0.05, 0.1) is 18.9 Å². The van der Waals surface area contributed by atoms with Crippen molar-refractivity contribution >= 4 is 17.8 Å². The Morgan fingerprint density at radius 2 is 1.90 bits per heavy atom. The Bertz CT molecular complexity index is 1070. The summed E-state index contributed by atoms with van der Waals surface area (Å²) in [6, 6.07) is 5.60. The molecule has 31 heavy (non-hydrogen) atoms. The molecule has 1 heterocycles. The van der Waals surface area contributed by atoms with Crippen molar-refractivity contribution in [2.45, 2.75) is 37.8 Å². The maximum atomic E-state index is 12.5. The Morgan fingerprint density at radius 3 is 2.42 bits per heavy atom. The van der Waals surface area contributed by atoms with Gasteiger partial charge in [0.2, 0.25) is 11.8 Å². The second kappa shape index (κ2) is 8.58. The lowest BCUT2D eigenvalue weighted by molar-refractivity contribution is -0.142. The van der Waals surface area contributed by atoms with Crippen LogP contribution in [0.25, 0.3) is 11.1 Å². The minimum absolute atomic E-state index is 0.0446. The molecule has 10 heteroatoms. The zero-order valence-corrected chi connectivity index (χ0v) is 17.5. The molecule has 3 N–H and O–H groups in total. The number of aromatic nitrogens is 2. The van der Waals surface area contributed by atoms with Crippen LogP contribution in [-0.4, -0.2) is 51.4 Å². The van der Waals surface area contributed by atoms with E-state index in [9.17, 15) is 24.3 Å². The van der Waals surface area contributed by atoms with Crippen LogP contribution in [0.3, 0.4) is 0 Å². The maximum absolute atomic E-state index is 12.5.